The van der Waals surface area contributed by atoms with E-state index in [1.165, 1.54) is 18.4 Å². The Balaban J connectivity index is 0.00000256. The van der Waals surface area contributed by atoms with E-state index in [-0.39, 0.29) is 24.0 Å². The lowest BCUT2D eigenvalue weighted by Gasteiger charge is -2.37. The van der Waals surface area contributed by atoms with Gasteiger partial charge in [-0.3, -0.25) is 9.88 Å². The fourth-order valence-corrected chi connectivity index (χ4v) is 4.23. The molecule has 3 heterocycles. The molecule has 1 unspecified atom stereocenters. The van der Waals surface area contributed by atoms with Crippen molar-refractivity contribution < 1.29 is 0 Å². The van der Waals surface area contributed by atoms with Crippen molar-refractivity contribution in [3.8, 4) is 0 Å². The van der Waals surface area contributed by atoms with Gasteiger partial charge in [0.25, 0.3) is 0 Å². The lowest BCUT2D eigenvalue weighted by molar-refractivity contribution is 0.137. The lowest BCUT2D eigenvalue weighted by atomic mass is 9.89. The highest BCUT2D eigenvalue weighted by Gasteiger charge is 2.34. The molecule has 6 nitrogen and oxygen atoms in total. The molecule has 1 aromatic carbocycles. The molecular formula is C23H31ClN6. The van der Waals surface area contributed by atoms with Crippen LogP contribution in [0, 0.1) is 5.92 Å². The highest BCUT2D eigenvalue weighted by Crippen LogP contribution is 2.32. The second-order valence-corrected chi connectivity index (χ2v) is 8.95. The maximum atomic E-state index is 4.67. The molecule has 160 valence electrons. The van der Waals surface area contributed by atoms with Crippen molar-refractivity contribution in [2.75, 3.05) is 13.1 Å². The van der Waals surface area contributed by atoms with E-state index >= 15 is 0 Å². The van der Waals surface area contributed by atoms with E-state index in [0.717, 1.165) is 36.9 Å². The molecule has 1 atom stereocenters. The Bertz CT molecular complexity index is 898. The number of piperidine rings is 1. The van der Waals surface area contributed by atoms with Crippen molar-refractivity contribution in [3.05, 3.63) is 71.8 Å². The van der Waals surface area contributed by atoms with Crippen molar-refractivity contribution >= 4 is 12.4 Å². The predicted octanol–water partition coefficient (Wildman–Crippen LogP) is 4.29. The first-order valence-corrected chi connectivity index (χ1v) is 10.5. The summed E-state index contributed by atoms with van der Waals surface area (Å²) in [6, 6.07) is 16.9. The van der Waals surface area contributed by atoms with Crippen LogP contribution in [0.25, 0.3) is 0 Å². The first kappa shape index (κ1) is 22.4. The fraction of sp³-hybridized carbons (Fsp3) is 0.478. The van der Waals surface area contributed by atoms with Gasteiger partial charge in [-0.2, -0.15) is 0 Å². The second kappa shape index (κ2) is 9.67. The monoisotopic (exact) mass is 426 g/mol. The Morgan fingerprint density at radius 3 is 2.33 bits per heavy atom. The standard InChI is InChI=1S/C23H30N6.ClH/c1-23(2,3)29-22(25-26-27-29)21(20-11-7-8-14-24-20)28-15-12-19(13-16-28)17-18-9-5-4-6-10-18;/h4-11,14,19,21H,12-13,15-17H2,1-3H3;1H. The molecule has 0 saturated carbocycles. The van der Waals surface area contributed by atoms with E-state index in [1.54, 1.807) is 0 Å². The van der Waals surface area contributed by atoms with Crippen LogP contribution in [0.5, 0.6) is 0 Å². The van der Waals surface area contributed by atoms with Crippen LogP contribution in [0.2, 0.25) is 0 Å². The minimum absolute atomic E-state index is 0. The molecule has 0 bridgehead atoms. The number of pyridine rings is 1. The van der Waals surface area contributed by atoms with Crippen LogP contribution < -0.4 is 0 Å². The van der Waals surface area contributed by atoms with Crippen LogP contribution in [-0.4, -0.2) is 43.2 Å². The summed E-state index contributed by atoms with van der Waals surface area (Å²) in [4.78, 5) is 7.17. The molecule has 0 radical (unpaired) electrons. The van der Waals surface area contributed by atoms with Crippen LogP contribution in [0.1, 0.15) is 56.7 Å². The van der Waals surface area contributed by atoms with Crippen LogP contribution in [0.4, 0.5) is 0 Å². The van der Waals surface area contributed by atoms with Gasteiger partial charge >= 0.3 is 0 Å². The maximum Gasteiger partial charge on any atom is 0.175 e. The zero-order valence-corrected chi connectivity index (χ0v) is 18.8. The molecule has 0 aliphatic carbocycles. The Morgan fingerprint density at radius 1 is 1.00 bits per heavy atom. The van der Waals surface area contributed by atoms with Crippen LogP contribution in [0.15, 0.2) is 54.7 Å². The number of aromatic nitrogens is 5. The summed E-state index contributed by atoms with van der Waals surface area (Å²) < 4.78 is 1.95. The summed E-state index contributed by atoms with van der Waals surface area (Å²) in [5.41, 5.74) is 2.26. The molecule has 0 N–H and O–H groups in total. The number of hydrogen-bond acceptors (Lipinski definition) is 5. The molecule has 1 aliphatic heterocycles. The van der Waals surface area contributed by atoms with Crippen molar-refractivity contribution in [2.45, 2.75) is 51.6 Å². The van der Waals surface area contributed by atoms with E-state index in [0.29, 0.717) is 0 Å². The first-order valence-electron chi connectivity index (χ1n) is 10.5. The van der Waals surface area contributed by atoms with E-state index in [9.17, 15) is 0 Å². The smallest absolute Gasteiger partial charge is 0.175 e. The largest absolute Gasteiger partial charge is 0.288 e. The summed E-state index contributed by atoms with van der Waals surface area (Å²) in [7, 11) is 0. The van der Waals surface area contributed by atoms with Gasteiger partial charge in [0.2, 0.25) is 0 Å². The van der Waals surface area contributed by atoms with E-state index in [2.05, 4.69) is 82.6 Å². The third-order valence-corrected chi connectivity index (χ3v) is 5.72. The van der Waals surface area contributed by atoms with Gasteiger partial charge in [-0.15, -0.1) is 17.5 Å². The highest BCUT2D eigenvalue weighted by molar-refractivity contribution is 5.85. The highest BCUT2D eigenvalue weighted by atomic mass is 35.5. The van der Waals surface area contributed by atoms with Gasteiger partial charge in [0, 0.05) is 6.20 Å². The molecule has 30 heavy (non-hydrogen) atoms. The number of hydrogen-bond donors (Lipinski definition) is 0. The van der Waals surface area contributed by atoms with E-state index in [4.69, 9.17) is 0 Å². The second-order valence-electron chi connectivity index (χ2n) is 8.95. The minimum atomic E-state index is -0.183. The molecule has 0 spiro atoms. The topological polar surface area (TPSA) is 59.7 Å². The Hall–Kier alpha value is -2.31. The third-order valence-electron chi connectivity index (χ3n) is 5.72. The Kier molecular flexibility index (Phi) is 7.21. The summed E-state index contributed by atoms with van der Waals surface area (Å²) >= 11 is 0. The van der Waals surface area contributed by atoms with Crippen molar-refractivity contribution in [1.29, 1.82) is 0 Å². The van der Waals surface area contributed by atoms with Gasteiger partial charge in [0.05, 0.1) is 11.2 Å². The van der Waals surface area contributed by atoms with Crippen LogP contribution >= 0.6 is 12.4 Å². The van der Waals surface area contributed by atoms with Crippen molar-refractivity contribution in [2.24, 2.45) is 5.92 Å². The molecule has 7 heteroatoms. The first-order chi connectivity index (χ1) is 14.0. The van der Waals surface area contributed by atoms with Gasteiger partial charge in [-0.05, 0) is 87.2 Å². The van der Waals surface area contributed by atoms with Gasteiger partial charge in [-0.1, -0.05) is 36.4 Å². The molecule has 1 aliphatic rings. The van der Waals surface area contributed by atoms with Crippen molar-refractivity contribution in [1.82, 2.24) is 30.1 Å². The molecule has 1 fully saturated rings. The summed E-state index contributed by atoms with van der Waals surface area (Å²) in [5.74, 6) is 1.59. The van der Waals surface area contributed by atoms with Gasteiger partial charge in [0.1, 0.15) is 6.04 Å². The lowest BCUT2D eigenvalue weighted by Crippen LogP contribution is -2.40. The van der Waals surface area contributed by atoms with Crippen molar-refractivity contribution in [3.63, 3.8) is 0 Å². The maximum absolute atomic E-state index is 4.67. The van der Waals surface area contributed by atoms with Crippen LogP contribution in [0.3, 0.4) is 0 Å². The van der Waals surface area contributed by atoms with E-state index < -0.39 is 0 Å². The molecule has 0 amide bonds. The molecule has 2 aromatic heterocycles. The zero-order chi connectivity index (χ0) is 20.3. The molecule has 3 aromatic rings. The summed E-state index contributed by atoms with van der Waals surface area (Å²) in [5, 5.41) is 12.8. The number of nitrogens with zero attached hydrogens (tertiary/aromatic N) is 6. The average molecular weight is 427 g/mol. The number of rotatable bonds is 5. The normalized spacial score (nSPS) is 16.8. The SMILES string of the molecule is CC(C)(C)n1nnnc1C(c1ccccn1)N1CCC(Cc2ccccc2)CC1.Cl. The average Bonchev–Trinajstić information content (AvgIpc) is 3.21. The van der Waals surface area contributed by atoms with Gasteiger partial charge < -0.3 is 0 Å². The van der Waals surface area contributed by atoms with E-state index in [1.807, 2.05) is 23.0 Å². The molecule has 1 saturated heterocycles. The summed E-state index contributed by atoms with van der Waals surface area (Å²) in [6.07, 6.45) is 5.36. The number of halogens is 1. The number of likely N-dealkylation sites (tertiary alicyclic amines) is 1. The van der Waals surface area contributed by atoms with Gasteiger partial charge in [-0.25, -0.2) is 4.68 Å². The Labute approximate surface area is 185 Å². The number of benzene rings is 1. The minimum Gasteiger partial charge on any atom is -0.288 e. The summed E-state index contributed by atoms with van der Waals surface area (Å²) in [6.45, 7) is 8.45. The third kappa shape index (κ3) is 5.05. The molecular weight excluding hydrogens is 396 g/mol. The Morgan fingerprint density at radius 2 is 1.70 bits per heavy atom. The predicted molar refractivity (Wildman–Crippen MR) is 121 cm³/mol. The molecule has 4 rings (SSSR count). The quantitative estimate of drug-likeness (QED) is 0.609. The zero-order valence-electron chi connectivity index (χ0n) is 18.0. The fourth-order valence-electron chi connectivity index (χ4n) is 4.23. The van der Waals surface area contributed by atoms with Gasteiger partial charge in [0.15, 0.2) is 5.82 Å². The number of tetrazole rings is 1. The van der Waals surface area contributed by atoms with Crippen LogP contribution in [-0.2, 0) is 12.0 Å².